The second-order valence-corrected chi connectivity index (χ2v) is 4.43. The van der Waals surface area contributed by atoms with E-state index in [0.29, 0.717) is 6.42 Å². The minimum atomic E-state index is -1.08. The maximum atomic E-state index is 11.2. The molecule has 0 fully saturated rings. The minimum Gasteiger partial charge on any atom is -0.482 e. The first-order valence-corrected chi connectivity index (χ1v) is 6.02. The van der Waals surface area contributed by atoms with Gasteiger partial charge in [0.25, 0.3) is 5.91 Å². The number of carbonyl (C=O) groups is 2. The zero-order valence-electron chi connectivity index (χ0n) is 9.73. The number of nitrogens with zero attached hydrogens (tertiary/aromatic N) is 1. The molecule has 2 N–H and O–H groups in total. The van der Waals surface area contributed by atoms with Crippen LogP contribution in [0.3, 0.4) is 0 Å². The zero-order valence-corrected chi connectivity index (χ0v) is 10.5. The van der Waals surface area contributed by atoms with Gasteiger partial charge in [0.1, 0.15) is 12.3 Å². The lowest BCUT2D eigenvalue weighted by Gasteiger charge is -2.04. The number of amides is 1. The van der Waals surface area contributed by atoms with Crippen LogP contribution in [0.15, 0.2) is 6.07 Å². The van der Waals surface area contributed by atoms with Gasteiger partial charge in [0.2, 0.25) is 0 Å². The molecule has 1 aromatic heterocycles. The average molecular weight is 268 g/mol. The third-order valence-electron chi connectivity index (χ3n) is 2.02. The number of hydrogen-bond donors (Lipinski definition) is 2. The summed E-state index contributed by atoms with van der Waals surface area (Å²) in [6, 6.07) is 3.38. The molecule has 0 atom stereocenters. The number of carbonyl (C=O) groups excluding carboxylic acids is 1. The molecule has 0 bridgehead atoms. The quantitative estimate of drug-likeness (QED) is 0.750. The van der Waals surface area contributed by atoms with E-state index >= 15 is 0 Å². The van der Waals surface area contributed by atoms with Crippen LogP contribution in [0.4, 0.5) is 0 Å². The molecule has 0 saturated heterocycles. The minimum absolute atomic E-state index is 0.0833. The van der Waals surface area contributed by atoms with Crippen molar-refractivity contribution in [2.75, 3.05) is 13.2 Å². The van der Waals surface area contributed by atoms with Crippen molar-refractivity contribution in [1.29, 1.82) is 5.26 Å². The monoisotopic (exact) mass is 268 g/mol. The Kier molecular flexibility index (Phi) is 5.14. The number of rotatable bonds is 6. The molecule has 0 aliphatic rings. The van der Waals surface area contributed by atoms with Crippen LogP contribution >= 0.6 is 11.3 Å². The molecule has 0 unspecified atom stereocenters. The van der Waals surface area contributed by atoms with Crippen molar-refractivity contribution in [2.24, 2.45) is 0 Å². The van der Waals surface area contributed by atoms with E-state index in [-0.39, 0.29) is 23.8 Å². The maximum Gasteiger partial charge on any atom is 0.349 e. The molecule has 1 aromatic rings. The fourth-order valence-electron chi connectivity index (χ4n) is 1.19. The Labute approximate surface area is 108 Å². The van der Waals surface area contributed by atoms with E-state index < -0.39 is 11.9 Å². The van der Waals surface area contributed by atoms with Crippen molar-refractivity contribution >= 4 is 23.2 Å². The molecular weight excluding hydrogens is 256 g/mol. The van der Waals surface area contributed by atoms with E-state index in [0.717, 1.165) is 16.2 Å². The fourth-order valence-corrected chi connectivity index (χ4v) is 2.06. The molecule has 7 heteroatoms. The summed E-state index contributed by atoms with van der Waals surface area (Å²) in [4.78, 5) is 23.1. The lowest BCUT2D eigenvalue weighted by molar-refractivity contribution is -0.122. The van der Waals surface area contributed by atoms with E-state index in [2.05, 4.69) is 5.32 Å². The third kappa shape index (κ3) is 3.75. The highest BCUT2D eigenvalue weighted by molar-refractivity contribution is 7.14. The van der Waals surface area contributed by atoms with Crippen LogP contribution in [-0.4, -0.2) is 30.1 Å². The van der Waals surface area contributed by atoms with Crippen molar-refractivity contribution in [1.82, 2.24) is 5.32 Å². The second kappa shape index (κ2) is 6.61. The first-order valence-electron chi connectivity index (χ1n) is 5.21. The van der Waals surface area contributed by atoms with E-state index in [1.165, 1.54) is 0 Å². The molecule has 0 saturated carbocycles. The molecule has 0 aliphatic carbocycles. The zero-order chi connectivity index (χ0) is 13.5. The van der Waals surface area contributed by atoms with Crippen molar-refractivity contribution in [2.45, 2.75) is 13.3 Å². The van der Waals surface area contributed by atoms with Crippen LogP contribution in [0.25, 0.3) is 0 Å². The highest BCUT2D eigenvalue weighted by Gasteiger charge is 2.17. The molecule has 96 valence electrons. The van der Waals surface area contributed by atoms with Crippen LogP contribution in [0.1, 0.15) is 21.5 Å². The number of nitrogens with one attached hydrogen (secondary N) is 1. The summed E-state index contributed by atoms with van der Waals surface area (Å²) in [5.74, 6) is -1.35. The van der Waals surface area contributed by atoms with Gasteiger partial charge in [0.05, 0.1) is 6.07 Å². The summed E-state index contributed by atoms with van der Waals surface area (Å²) >= 11 is 1.13. The van der Waals surface area contributed by atoms with E-state index in [9.17, 15) is 9.59 Å². The highest BCUT2D eigenvalue weighted by atomic mass is 32.1. The standard InChI is InChI=1S/C11H12N2O4S/c1-2-7-5-8(10(18-7)11(15)16)17-6-9(14)13-4-3-12/h5H,2,4,6H2,1H3,(H,13,14)(H,15,16). The number of aryl methyl sites for hydroxylation is 1. The van der Waals surface area contributed by atoms with Crippen LogP contribution in [-0.2, 0) is 11.2 Å². The van der Waals surface area contributed by atoms with Crippen LogP contribution < -0.4 is 10.1 Å². The largest absolute Gasteiger partial charge is 0.482 e. The van der Waals surface area contributed by atoms with Crippen LogP contribution in [0.5, 0.6) is 5.75 Å². The normalized spacial score (nSPS) is 9.56. The highest BCUT2D eigenvalue weighted by Crippen LogP contribution is 2.29. The van der Waals surface area contributed by atoms with Crippen molar-refractivity contribution in [3.8, 4) is 11.8 Å². The Morgan fingerprint density at radius 2 is 2.33 bits per heavy atom. The van der Waals surface area contributed by atoms with Crippen LogP contribution in [0.2, 0.25) is 0 Å². The summed E-state index contributed by atoms with van der Waals surface area (Å²) in [5.41, 5.74) is 0. The average Bonchev–Trinajstić information content (AvgIpc) is 2.77. The van der Waals surface area contributed by atoms with Gasteiger partial charge in [0.15, 0.2) is 11.5 Å². The number of hydrogen-bond acceptors (Lipinski definition) is 5. The summed E-state index contributed by atoms with van der Waals surface area (Å²) in [6.45, 7) is 1.50. The van der Waals surface area contributed by atoms with Gasteiger partial charge in [-0.05, 0) is 12.5 Å². The van der Waals surface area contributed by atoms with E-state index in [1.807, 2.05) is 6.92 Å². The van der Waals surface area contributed by atoms with E-state index in [4.69, 9.17) is 15.1 Å². The first kappa shape index (κ1) is 14.0. The van der Waals surface area contributed by atoms with Crippen molar-refractivity contribution in [3.63, 3.8) is 0 Å². The van der Waals surface area contributed by atoms with Gasteiger partial charge >= 0.3 is 5.97 Å². The summed E-state index contributed by atoms with van der Waals surface area (Å²) in [5, 5.41) is 19.5. The molecule has 6 nitrogen and oxygen atoms in total. The van der Waals surface area contributed by atoms with Gasteiger partial charge in [-0.2, -0.15) is 5.26 Å². The Morgan fingerprint density at radius 1 is 1.61 bits per heavy atom. The molecule has 0 aromatic carbocycles. The SMILES string of the molecule is CCc1cc(OCC(=O)NCC#N)c(C(=O)O)s1. The molecule has 0 spiro atoms. The first-order chi connectivity index (χ1) is 8.58. The molecule has 1 heterocycles. The van der Waals surface area contributed by atoms with Gasteiger partial charge in [-0.15, -0.1) is 11.3 Å². The molecule has 0 aliphatic heterocycles. The van der Waals surface area contributed by atoms with Gasteiger partial charge in [-0.25, -0.2) is 4.79 Å². The Balaban J connectivity index is 2.66. The Hall–Kier alpha value is -2.07. The number of nitriles is 1. The Bertz CT molecular complexity index is 490. The second-order valence-electron chi connectivity index (χ2n) is 3.29. The molecule has 0 radical (unpaired) electrons. The number of thiophene rings is 1. The third-order valence-corrected chi connectivity index (χ3v) is 3.26. The van der Waals surface area contributed by atoms with Gasteiger partial charge in [0, 0.05) is 4.88 Å². The number of carboxylic acids is 1. The smallest absolute Gasteiger partial charge is 0.349 e. The summed E-state index contributed by atoms with van der Waals surface area (Å²) in [6.07, 6.45) is 0.703. The number of ether oxygens (including phenoxy) is 1. The lowest BCUT2D eigenvalue weighted by Crippen LogP contribution is -2.29. The molecular formula is C11H12N2O4S. The predicted molar refractivity (Wildman–Crippen MR) is 64.8 cm³/mol. The molecule has 1 rings (SSSR count). The fraction of sp³-hybridized carbons (Fsp3) is 0.364. The van der Waals surface area contributed by atoms with Crippen molar-refractivity contribution < 1.29 is 19.4 Å². The maximum absolute atomic E-state index is 11.2. The molecule has 18 heavy (non-hydrogen) atoms. The number of aromatic carboxylic acids is 1. The van der Waals surface area contributed by atoms with Gasteiger partial charge in [-0.1, -0.05) is 6.92 Å². The van der Waals surface area contributed by atoms with E-state index in [1.54, 1.807) is 12.1 Å². The molecule has 1 amide bonds. The van der Waals surface area contributed by atoms with Crippen molar-refractivity contribution in [3.05, 3.63) is 15.8 Å². The number of carboxylic acid groups (broad SMARTS) is 1. The van der Waals surface area contributed by atoms with Crippen LogP contribution in [0, 0.1) is 11.3 Å². The summed E-state index contributed by atoms with van der Waals surface area (Å²) < 4.78 is 5.15. The van der Waals surface area contributed by atoms with Gasteiger partial charge in [-0.3, -0.25) is 4.79 Å². The predicted octanol–water partition coefficient (Wildman–Crippen LogP) is 1.03. The summed E-state index contributed by atoms with van der Waals surface area (Å²) in [7, 11) is 0. The lowest BCUT2D eigenvalue weighted by atomic mass is 10.3. The van der Waals surface area contributed by atoms with Gasteiger partial charge < -0.3 is 15.2 Å². The Morgan fingerprint density at radius 3 is 2.89 bits per heavy atom. The topological polar surface area (TPSA) is 99.4 Å².